The maximum absolute atomic E-state index is 12.8. The molecule has 0 saturated carbocycles. The molecule has 2 heterocycles. The molecule has 1 aromatic heterocycles. The van der Waals surface area contributed by atoms with Gasteiger partial charge in [-0.25, -0.2) is 0 Å². The number of benzene rings is 1. The van der Waals surface area contributed by atoms with Gasteiger partial charge in [0.2, 0.25) is 0 Å². The fourth-order valence-electron chi connectivity index (χ4n) is 4.14. The molecular weight excluding hydrogens is 360 g/mol. The van der Waals surface area contributed by atoms with Crippen LogP contribution in [0.3, 0.4) is 0 Å². The number of hydrogen-bond acceptors (Lipinski definition) is 4. The van der Waals surface area contributed by atoms with Crippen LogP contribution in [0.5, 0.6) is 0 Å². The van der Waals surface area contributed by atoms with Crippen molar-refractivity contribution < 1.29 is 4.79 Å². The van der Waals surface area contributed by atoms with E-state index in [4.69, 9.17) is 0 Å². The maximum Gasteiger partial charge on any atom is 0.254 e. The Morgan fingerprint density at radius 3 is 2.17 bits per heavy atom. The maximum atomic E-state index is 12.8. The van der Waals surface area contributed by atoms with E-state index < -0.39 is 0 Å². The summed E-state index contributed by atoms with van der Waals surface area (Å²) in [5, 5.41) is 3.64. The number of hydrogen-bond donors (Lipinski definition) is 1. The Bertz CT molecular complexity index is 757. The first-order chi connectivity index (χ1) is 13.9. The van der Waals surface area contributed by atoms with Crippen molar-refractivity contribution >= 4 is 11.6 Å². The molecule has 5 heteroatoms. The van der Waals surface area contributed by atoms with Gasteiger partial charge in [-0.2, -0.15) is 0 Å². The van der Waals surface area contributed by atoms with Crippen molar-refractivity contribution in [1.29, 1.82) is 0 Å². The van der Waals surface area contributed by atoms with E-state index in [0.29, 0.717) is 6.04 Å². The van der Waals surface area contributed by atoms with E-state index in [1.165, 1.54) is 5.56 Å². The number of amides is 1. The summed E-state index contributed by atoms with van der Waals surface area (Å²) >= 11 is 0. The molecule has 1 aromatic carbocycles. The van der Waals surface area contributed by atoms with Crippen LogP contribution in [-0.4, -0.2) is 51.9 Å². The van der Waals surface area contributed by atoms with E-state index in [1.54, 1.807) is 0 Å². The predicted octanol–water partition coefficient (Wildman–Crippen LogP) is 4.42. The second kappa shape index (κ2) is 9.88. The van der Waals surface area contributed by atoms with E-state index in [0.717, 1.165) is 43.7 Å². The number of carbonyl (C=O) groups is 1. The second-order valence-corrected chi connectivity index (χ2v) is 8.53. The number of carbonyl (C=O) groups excluding carboxylic acids is 1. The highest BCUT2D eigenvalue weighted by atomic mass is 16.2. The van der Waals surface area contributed by atoms with E-state index in [-0.39, 0.29) is 18.0 Å². The van der Waals surface area contributed by atoms with Crippen LogP contribution in [0.4, 0.5) is 5.69 Å². The molecule has 3 rings (SSSR count). The summed E-state index contributed by atoms with van der Waals surface area (Å²) < 4.78 is 0. The Labute approximate surface area is 175 Å². The summed E-state index contributed by atoms with van der Waals surface area (Å²) in [6.07, 6.45) is 5.97. The first kappa shape index (κ1) is 21.3. The zero-order valence-corrected chi connectivity index (χ0v) is 18.1. The zero-order valence-electron chi connectivity index (χ0n) is 18.1. The summed E-state index contributed by atoms with van der Waals surface area (Å²) in [5.74, 6) is 0.103. The smallest absolute Gasteiger partial charge is 0.254 e. The Balaban J connectivity index is 1.51. The molecule has 0 aliphatic carbocycles. The van der Waals surface area contributed by atoms with E-state index in [1.807, 2.05) is 41.6 Å². The Hall–Kier alpha value is -2.40. The van der Waals surface area contributed by atoms with Gasteiger partial charge in [0.25, 0.3) is 5.91 Å². The van der Waals surface area contributed by atoms with Crippen molar-refractivity contribution in [2.45, 2.75) is 65.2 Å². The Kier molecular flexibility index (Phi) is 7.26. The highest BCUT2D eigenvalue weighted by Crippen LogP contribution is 2.20. The fraction of sp³-hybridized carbons (Fsp3) is 0.500. The summed E-state index contributed by atoms with van der Waals surface area (Å²) in [6, 6.07) is 13.0. The first-order valence-corrected chi connectivity index (χ1v) is 10.7. The summed E-state index contributed by atoms with van der Waals surface area (Å²) in [6.45, 7) is 11.4. The minimum atomic E-state index is 0.103. The topological polar surface area (TPSA) is 48.5 Å². The number of piperidine rings is 1. The van der Waals surface area contributed by atoms with Crippen molar-refractivity contribution in [2.75, 3.05) is 18.4 Å². The number of likely N-dealkylation sites (tertiary alicyclic amines) is 1. The van der Waals surface area contributed by atoms with Gasteiger partial charge in [0.1, 0.15) is 0 Å². The van der Waals surface area contributed by atoms with Crippen LogP contribution < -0.4 is 5.32 Å². The summed E-state index contributed by atoms with van der Waals surface area (Å²) in [4.78, 5) is 21.3. The fourth-order valence-corrected chi connectivity index (χ4v) is 4.14. The van der Waals surface area contributed by atoms with Gasteiger partial charge in [-0.1, -0.05) is 0 Å². The summed E-state index contributed by atoms with van der Waals surface area (Å²) in [5.41, 5.74) is 3.17. The van der Waals surface area contributed by atoms with Crippen molar-refractivity contribution in [1.82, 2.24) is 14.8 Å². The highest BCUT2D eigenvalue weighted by molar-refractivity contribution is 5.95. The van der Waals surface area contributed by atoms with E-state index in [2.05, 4.69) is 55.0 Å². The molecule has 0 unspecified atom stereocenters. The second-order valence-electron chi connectivity index (χ2n) is 8.53. The van der Waals surface area contributed by atoms with Crippen LogP contribution in [0.1, 0.15) is 56.5 Å². The van der Waals surface area contributed by atoms with Gasteiger partial charge >= 0.3 is 0 Å². The van der Waals surface area contributed by atoms with Gasteiger partial charge in [-0.05, 0) is 82.5 Å². The van der Waals surface area contributed by atoms with Gasteiger partial charge in [-0.3, -0.25) is 14.7 Å². The zero-order chi connectivity index (χ0) is 20.8. The highest BCUT2D eigenvalue weighted by Gasteiger charge is 2.22. The third-order valence-electron chi connectivity index (χ3n) is 5.59. The first-order valence-electron chi connectivity index (χ1n) is 10.7. The average Bonchev–Trinajstić information content (AvgIpc) is 2.70. The quantitative estimate of drug-likeness (QED) is 0.755. The number of pyridine rings is 1. The van der Waals surface area contributed by atoms with Crippen LogP contribution in [0, 0.1) is 0 Å². The van der Waals surface area contributed by atoms with E-state index >= 15 is 0 Å². The number of nitrogens with one attached hydrogen (secondary N) is 1. The molecule has 1 saturated heterocycles. The Morgan fingerprint density at radius 1 is 1.03 bits per heavy atom. The van der Waals surface area contributed by atoms with Gasteiger partial charge in [0.05, 0.1) is 0 Å². The normalized spacial score (nSPS) is 15.7. The average molecular weight is 395 g/mol. The van der Waals surface area contributed by atoms with Crippen molar-refractivity contribution in [3.63, 3.8) is 0 Å². The third-order valence-corrected chi connectivity index (χ3v) is 5.59. The lowest BCUT2D eigenvalue weighted by atomic mass is 10.0. The molecule has 0 radical (unpaired) electrons. The molecule has 156 valence electrons. The molecular formula is C24H34N4O. The lowest BCUT2D eigenvalue weighted by molar-refractivity contribution is 0.0644. The number of rotatable bonds is 7. The van der Waals surface area contributed by atoms with Gasteiger partial charge in [0, 0.05) is 61.4 Å². The molecule has 0 atom stereocenters. The molecule has 1 N–H and O–H groups in total. The van der Waals surface area contributed by atoms with Crippen molar-refractivity contribution in [3.05, 3.63) is 59.9 Å². The number of anilines is 1. The number of aromatic nitrogens is 1. The monoisotopic (exact) mass is 394 g/mol. The van der Waals surface area contributed by atoms with E-state index in [9.17, 15) is 4.79 Å². The minimum absolute atomic E-state index is 0.103. The number of nitrogens with zero attached hydrogens (tertiary/aromatic N) is 3. The third kappa shape index (κ3) is 5.80. The molecule has 1 aliphatic heterocycles. The van der Waals surface area contributed by atoms with Crippen molar-refractivity contribution in [2.24, 2.45) is 0 Å². The van der Waals surface area contributed by atoms with Crippen molar-refractivity contribution in [3.8, 4) is 0 Å². The molecule has 29 heavy (non-hydrogen) atoms. The Morgan fingerprint density at radius 2 is 1.62 bits per heavy atom. The lowest BCUT2D eigenvalue weighted by Crippen LogP contribution is -2.42. The minimum Gasteiger partial charge on any atom is -0.382 e. The molecule has 1 fully saturated rings. The molecule has 2 aromatic rings. The van der Waals surface area contributed by atoms with Gasteiger partial charge in [-0.15, -0.1) is 0 Å². The summed E-state index contributed by atoms with van der Waals surface area (Å²) in [7, 11) is 0. The molecule has 0 bridgehead atoms. The molecule has 0 spiro atoms. The lowest BCUT2D eigenvalue weighted by Gasteiger charge is -2.33. The van der Waals surface area contributed by atoms with Crippen LogP contribution in [0.25, 0.3) is 0 Å². The van der Waals surface area contributed by atoms with Crippen LogP contribution in [0.15, 0.2) is 48.8 Å². The SMILES string of the molecule is CC(C)N(C(=O)c1ccc(NC2CCN(Cc3ccncc3)CC2)cc1)C(C)C. The standard InChI is InChI=1S/C24H34N4O/c1-18(2)28(19(3)4)24(29)21-5-7-22(8-6-21)26-23-11-15-27(16-12-23)17-20-9-13-25-14-10-20/h5-10,13-14,18-19,23,26H,11-12,15-17H2,1-4H3. The van der Waals surface area contributed by atoms with Gasteiger partial charge < -0.3 is 10.2 Å². The predicted molar refractivity (Wildman–Crippen MR) is 119 cm³/mol. The molecule has 1 amide bonds. The molecule has 5 nitrogen and oxygen atoms in total. The molecule has 1 aliphatic rings. The van der Waals surface area contributed by atoms with Crippen LogP contribution in [0.2, 0.25) is 0 Å². The largest absolute Gasteiger partial charge is 0.382 e. The van der Waals surface area contributed by atoms with Gasteiger partial charge in [0.15, 0.2) is 0 Å². The van der Waals surface area contributed by atoms with Crippen LogP contribution in [-0.2, 0) is 6.54 Å². The van der Waals surface area contributed by atoms with Crippen LogP contribution >= 0.6 is 0 Å².